The molecule has 1 N–H and O–H groups in total. The third kappa shape index (κ3) is 5.09. The number of hydrogen-bond donors (Lipinski definition) is 1. The fourth-order valence-corrected chi connectivity index (χ4v) is 4.96. The Kier molecular flexibility index (Phi) is 6.03. The summed E-state index contributed by atoms with van der Waals surface area (Å²) < 4.78 is 27.0. The SMILES string of the molecule is O=C(NC1CC1)c1ccc(CN2CCN(S(=O)(=O)c3ccc([N+](=O)[O-])cc3)CC2)cc1. The highest BCUT2D eigenvalue weighted by molar-refractivity contribution is 7.89. The number of nitrogens with zero attached hydrogens (tertiary/aromatic N) is 3. The second-order valence-electron chi connectivity index (χ2n) is 7.88. The Hall–Kier alpha value is -2.82. The van der Waals surface area contributed by atoms with Gasteiger partial charge in [0.15, 0.2) is 0 Å². The van der Waals surface area contributed by atoms with Gasteiger partial charge >= 0.3 is 0 Å². The maximum Gasteiger partial charge on any atom is 0.269 e. The van der Waals surface area contributed by atoms with Gasteiger partial charge in [-0.05, 0) is 42.7 Å². The lowest BCUT2D eigenvalue weighted by molar-refractivity contribution is -0.384. The number of benzene rings is 2. The second kappa shape index (κ2) is 8.74. The normalized spacial score (nSPS) is 17.9. The Balaban J connectivity index is 1.31. The molecule has 2 fully saturated rings. The average molecular weight is 445 g/mol. The number of nitrogens with one attached hydrogen (secondary N) is 1. The molecule has 0 bridgehead atoms. The van der Waals surface area contributed by atoms with E-state index in [4.69, 9.17) is 0 Å². The summed E-state index contributed by atoms with van der Waals surface area (Å²) in [5.41, 5.74) is 1.57. The van der Waals surface area contributed by atoms with Crippen LogP contribution in [0.5, 0.6) is 0 Å². The summed E-state index contributed by atoms with van der Waals surface area (Å²) >= 11 is 0. The first-order chi connectivity index (χ1) is 14.8. The van der Waals surface area contributed by atoms with Crippen LogP contribution in [0.2, 0.25) is 0 Å². The van der Waals surface area contributed by atoms with E-state index in [1.807, 2.05) is 24.3 Å². The van der Waals surface area contributed by atoms with Crippen LogP contribution in [-0.2, 0) is 16.6 Å². The molecule has 1 amide bonds. The van der Waals surface area contributed by atoms with Gasteiger partial charge in [-0.25, -0.2) is 8.42 Å². The molecule has 31 heavy (non-hydrogen) atoms. The lowest BCUT2D eigenvalue weighted by Gasteiger charge is -2.34. The van der Waals surface area contributed by atoms with Gasteiger partial charge < -0.3 is 5.32 Å². The molecule has 9 nitrogen and oxygen atoms in total. The van der Waals surface area contributed by atoms with E-state index in [2.05, 4.69) is 10.2 Å². The van der Waals surface area contributed by atoms with E-state index < -0.39 is 14.9 Å². The van der Waals surface area contributed by atoms with Crippen LogP contribution < -0.4 is 5.32 Å². The first kappa shape index (κ1) is 21.4. The third-order valence-corrected chi connectivity index (χ3v) is 7.46. The van der Waals surface area contributed by atoms with Gasteiger partial charge in [0.05, 0.1) is 9.82 Å². The van der Waals surface area contributed by atoms with E-state index in [1.165, 1.54) is 28.6 Å². The molecule has 2 aliphatic rings. The molecule has 1 aliphatic heterocycles. The highest BCUT2D eigenvalue weighted by atomic mass is 32.2. The van der Waals surface area contributed by atoms with Crippen molar-refractivity contribution < 1.29 is 18.1 Å². The number of nitro groups is 1. The molecule has 1 heterocycles. The Morgan fingerprint density at radius 3 is 2.16 bits per heavy atom. The Labute approximate surface area is 180 Å². The fraction of sp³-hybridized carbons (Fsp3) is 0.381. The van der Waals surface area contributed by atoms with Crippen LogP contribution >= 0.6 is 0 Å². The summed E-state index contributed by atoms with van der Waals surface area (Å²) in [4.78, 5) is 24.5. The lowest BCUT2D eigenvalue weighted by Crippen LogP contribution is -2.48. The van der Waals surface area contributed by atoms with Gasteiger partial charge in [0.25, 0.3) is 11.6 Å². The number of carbonyl (C=O) groups excluding carboxylic acids is 1. The smallest absolute Gasteiger partial charge is 0.269 e. The van der Waals surface area contributed by atoms with Crippen LogP contribution in [0.25, 0.3) is 0 Å². The van der Waals surface area contributed by atoms with Gasteiger partial charge in [-0.3, -0.25) is 19.8 Å². The van der Waals surface area contributed by atoms with E-state index in [0.29, 0.717) is 44.3 Å². The largest absolute Gasteiger partial charge is 0.349 e. The Morgan fingerprint density at radius 1 is 1.00 bits per heavy atom. The zero-order valence-electron chi connectivity index (χ0n) is 16.9. The van der Waals surface area contributed by atoms with Crippen molar-refractivity contribution in [3.63, 3.8) is 0 Å². The number of nitro benzene ring substituents is 1. The summed E-state index contributed by atoms with van der Waals surface area (Å²) in [6.45, 7) is 2.53. The number of sulfonamides is 1. The number of carbonyl (C=O) groups is 1. The number of non-ortho nitro benzene ring substituents is 1. The molecule has 2 aromatic rings. The molecular weight excluding hydrogens is 420 g/mol. The van der Waals surface area contributed by atoms with Crippen molar-refractivity contribution in [2.75, 3.05) is 26.2 Å². The third-order valence-electron chi connectivity index (χ3n) is 5.55. The molecule has 1 aliphatic carbocycles. The lowest BCUT2D eigenvalue weighted by atomic mass is 10.1. The van der Waals surface area contributed by atoms with Gasteiger partial charge in [0, 0.05) is 56.5 Å². The summed E-state index contributed by atoms with van der Waals surface area (Å²) in [5, 5.41) is 13.7. The molecular formula is C21H24N4O5S. The number of hydrogen-bond acceptors (Lipinski definition) is 6. The van der Waals surface area contributed by atoms with Crippen LogP contribution in [0.3, 0.4) is 0 Å². The van der Waals surface area contributed by atoms with Crippen molar-refractivity contribution in [1.29, 1.82) is 0 Å². The molecule has 0 spiro atoms. The van der Waals surface area contributed by atoms with Crippen molar-refractivity contribution in [2.24, 2.45) is 0 Å². The van der Waals surface area contributed by atoms with E-state index in [0.717, 1.165) is 18.4 Å². The topological polar surface area (TPSA) is 113 Å². The number of piperazine rings is 1. The highest BCUT2D eigenvalue weighted by Gasteiger charge is 2.29. The number of amides is 1. The quantitative estimate of drug-likeness (QED) is 0.516. The van der Waals surface area contributed by atoms with Crippen LogP contribution in [-0.4, -0.2) is 60.7 Å². The summed E-state index contributed by atoms with van der Waals surface area (Å²) in [7, 11) is -3.68. The van der Waals surface area contributed by atoms with E-state index in [9.17, 15) is 23.3 Å². The summed E-state index contributed by atoms with van der Waals surface area (Å²) in [5.74, 6) is -0.0425. The standard InChI is InChI=1S/C21H24N4O5S/c26-21(22-18-5-6-18)17-3-1-16(2-4-17)15-23-11-13-24(14-12-23)31(29,30)20-9-7-19(8-10-20)25(27)28/h1-4,7-10,18H,5-6,11-15H2,(H,22,26). The minimum Gasteiger partial charge on any atom is -0.349 e. The Morgan fingerprint density at radius 2 is 1.61 bits per heavy atom. The van der Waals surface area contributed by atoms with Crippen molar-refractivity contribution in [3.8, 4) is 0 Å². The van der Waals surface area contributed by atoms with Crippen LogP contribution in [0.1, 0.15) is 28.8 Å². The molecule has 0 radical (unpaired) electrons. The molecule has 1 saturated heterocycles. The van der Waals surface area contributed by atoms with Crippen LogP contribution in [0, 0.1) is 10.1 Å². The van der Waals surface area contributed by atoms with Gasteiger partial charge in [-0.15, -0.1) is 0 Å². The first-order valence-electron chi connectivity index (χ1n) is 10.2. The maximum absolute atomic E-state index is 12.8. The first-order valence-corrected chi connectivity index (χ1v) is 11.6. The number of rotatable bonds is 7. The molecule has 4 rings (SSSR count). The maximum atomic E-state index is 12.8. The zero-order chi connectivity index (χ0) is 22.0. The summed E-state index contributed by atoms with van der Waals surface area (Å²) in [6.07, 6.45) is 2.10. The Bertz CT molecular complexity index is 1060. The second-order valence-corrected chi connectivity index (χ2v) is 9.81. The highest BCUT2D eigenvalue weighted by Crippen LogP contribution is 2.22. The van der Waals surface area contributed by atoms with Crippen molar-refractivity contribution in [3.05, 3.63) is 69.8 Å². The van der Waals surface area contributed by atoms with Crippen molar-refractivity contribution in [1.82, 2.24) is 14.5 Å². The van der Waals surface area contributed by atoms with Crippen LogP contribution in [0.4, 0.5) is 5.69 Å². The van der Waals surface area contributed by atoms with Crippen molar-refractivity contribution in [2.45, 2.75) is 30.3 Å². The molecule has 0 unspecified atom stereocenters. The molecule has 164 valence electrons. The van der Waals surface area contributed by atoms with Gasteiger partial charge in [0.2, 0.25) is 10.0 Å². The van der Waals surface area contributed by atoms with Gasteiger partial charge in [-0.1, -0.05) is 12.1 Å². The van der Waals surface area contributed by atoms with Crippen LogP contribution in [0.15, 0.2) is 53.4 Å². The van der Waals surface area contributed by atoms with Crippen molar-refractivity contribution >= 4 is 21.6 Å². The average Bonchev–Trinajstić information content (AvgIpc) is 3.58. The van der Waals surface area contributed by atoms with Gasteiger partial charge in [0.1, 0.15) is 0 Å². The fourth-order valence-electron chi connectivity index (χ4n) is 3.53. The zero-order valence-corrected chi connectivity index (χ0v) is 17.8. The molecule has 10 heteroatoms. The van der Waals surface area contributed by atoms with E-state index in [-0.39, 0.29) is 16.5 Å². The predicted octanol–water partition coefficient (Wildman–Crippen LogP) is 1.99. The molecule has 0 aromatic heterocycles. The minimum absolute atomic E-state index is 0.0425. The minimum atomic E-state index is -3.68. The van der Waals surface area contributed by atoms with E-state index in [1.54, 1.807) is 0 Å². The monoisotopic (exact) mass is 444 g/mol. The molecule has 0 atom stereocenters. The molecule has 1 saturated carbocycles. The van der Waals surface area contributed by atoms with E-state index >= 15 is 0 Å². The predicted molar refractivity (Wildman–Crippen MR) is 114 cm³/mol. The van der Waals surface area contributed by atoms with Gasteiger partial charge in [-0.2, -0.15) is 4.31 Å². The summed E-state index contributed by atoms with van der Waals surface area (Å²) in [6, 6.07) is 12.8. The molecule has 2 aromatic carbocycles.